The van der Waals surface area contributed by atoms with Crippen LogP contribution >= 0.6 is 0 Å². The monoisotopic (exact) mass is 262 g/mol. The molecule has 2 rings (SSSR count). The van der Waals surface area contributed by atoms with Gasteiger partial charge in [-0.3, -0.25) is 9.78 Å². The second kappa shape index (κ2) is 5.38. The van der Waals surface area contributed by atoms with Gasteiger partial charge in [-0.1, -0.05) is 12.1 Å². The van der Waals surface area contributed by atoms with E-state index in [4.69, 9.17) is 4.74 Å². The summed E-state index contributed by atoms with van der Waals surface area (Å²) < 4.78 is 6.11. The molecule has 100 valence electrons. The van der Waals surface area contributed by atoms with Gasteiger partial charge in [0.1, 0.15) is 5.75 Å². The number of aromatic nitrogens is 3. The molecule has 1 aromatic heterocycles. The van der Waals surface area contributed by atoms with Gasteiger partial charge < -0.3 is 10.1 Å². The van der Waals surface area contributed by atoms with Crippen molar-refractivity contribution in [1.82, 2.24) is 20.1 Å². The first-order valence-corrected chi connectivity index (χ1v) is 5.64. The smallest absolute Gasteiger partial charge is 0.343 e. The molecule has 19 heavy (non-hydrogen) atoms. The quantitative estimate of drug-likeness (QED) is 0.814. The Labute approximate surface area is 109 Å². The van der Waals surface area contributed by atoms with Gasteiger partial charge in [0, 0.05) is 13.6 Å². The second-order valence-electron chi connectivity index (χ2n) is 3.93. The minimum Gasteiger partial charge on any atom is -0.497 e. The van der Waals surface area contributed by atoms with Gasteiger partial charge in [0.05, 0.1) is 7.11 Å². The topological polar surface area (TPSA) is 89.0 Å². The fourth-order valence-electron chi connectivity index (χ4n) is 1.51. The van der Waals surface area contributed by atoms with E-state index in [-0.39, 0.29) is 5.82 Å². The molecular weight excluding hydrogens is 248 g/mol. The number of rotatable bonds is 4. The number of H-pyrrole nitrogens is 1. The van der Waals surface area contributed by atoms with E-state index in [9.17, 15) is 9.59 Å². The van der Waals surface area contributed by atoms with Crippen molar-refractivity contribution in [3.8, 4) is 5.75 Å². The first-order chi connectivity index (χ1) is 9.10. The third kappa shape index (κ3) is 3.01. The van der Waals surface area contributed by atoms with Crippen LogP contribution in [0.25, 0.3) is 0 Å². The zero-order valence-electron chi connectivity index (χ0n) is 10.6. The number of carbonyl (C=O) groups excluding carboxylic acids is 1. The Kier molecular flexibility index (Phi) is 3.65. The van der Waals surface area contributed by atoms with Crippen molar-refractivity contribution < 1.29 is 9.53 Å². The lowest BCUT2D eigenvalue weighted by molar-refractivity contribution is 0.0940. The number of aryl methyl sites for hydroxylation is 1. The zero-order valence-corrected chi connectivity index (χ0v) is 10.6. The lowest BCUT2D eigenvalue weighted by Gasteiger charge is -2.04. The van der Waals surface area contributed by atoms with E-state index in [1.807, 2.05) is 24.3 Å². The molecule has 0 atom stereocenters. The predicted molar refractivity (Wildman–Crippen MR) is 68.0 cm³/mol. The van der Waals surface area contributed by atoms with Crippen molar-refractivity contribution >= 4 is 5.91 Å². The second-order valence-corrected chi connectivity index (χ2v) is 3.93. The number of amides is 1. The molecule has 1 heterocycles. The Morgan fingerprint density at radius 1 is 1.42 bits per heavy atom. The van der Waals surface area contributed by atoms with E-state index >= 15 is 0 Å². The number of nitrogens with one attached hydrogen (secondary N) is 2. The summed E-state index contributed by atoms with van der Waals surface area (Å²) in [6, 6.07) is 7.31. The summed E-state index contributed by atoms with van der Waals surface area (Å²) in [5.74, 6) is 0.332. The van der Waals surface area contributed by atoms with E-state index in [2.05, 4.69) is 15.4 Å². The maximum absolute atomic E-state index is 11.7. The molecule has 0 fully saturated rings. The third-order valence-electron chi connectivity index (χ3n) is 2.60. The highest BCUT2D eigenvalue weighted by Gasteiger charge is 2.11. The third-order valence-corrected chi connectivity index (χ3v) is 2.60. The Morgan fingerprint density at radius 2 is 2.11 bits per heavy atom. The standard InChI is InChI=1S/C12H14N4O3/c1-16-12(18)14-10(15-16)11(17)13-7-8-3-5-9(19-2)6-4-8/h3-6H,7H2,1-2H3,(H,13,17)(H,14,15,18). The number of carbonyl (C=O) groups is 1. The Morgan fingerprint density at radius 3 is 2.63 bits per heavy atom. The van der Waals surface area contributed by atoms with E-state index in [0.29, 0.717) is 6.54 Å². The molecule has 0 unspecified atom stereocenters. The molecule has 0 spiro atoms. The summed E-state index contributed by atoms with van der Waals surface area (Å²) in [7, 11) is 3.06. The van der Waals surface area contributed by atoms with Crippen molar-refractivity contribution in [2.24, 2.45) is 7.05 Å². The van der Waals surface area contributed by atoms with Crippen LogP contribution in [-0.2, 0) is 13.6 Å². The molecule has 2 aromatic rings. The van der Waals surface area contributed by atoms with E-state index in [0.717, 1.165) is 16.0 Å². The maximum atomic E-state index is 11.7. The zero-order chi connectivity index (χ0) is 13.8. The lowest BCUT2D eigenvalue weighted by Crippen LogP contribution is -2.24. The van der Waals surface area contributed by atoms with Crippen LogP contribution in [0, 0.1) is 0 Å². The summed E-state index contributed by atoms with van der Waals surface area (Å²) >= 11 is 0. The van der Waals surface area contributed by atoms with Crippen LogP contribution in [0.15, 0.2) is 29.1 Å². The molecule has 0 saturated heterocycles. The van der Waals surface area contributed by atoms with Crippen molar-refractivity contribution in [1.29, 1.82) is 0 Å². The van der Waals surface area contributed by atoms with Gasteiger partial charge in [0.25, 0.3) is 5.91 Å². The number of benzene rings is 1. The molecule has 0 bridgehead atoms. The van der Waals surface area contributed by atoms with Crippen LogP contribution in [0.2, 0.25) is 0 Å². The van der Waals surface area contributed by atoms with Crippen LogP contribution in [-0.4, -0.2) is 27.8 Å². The van der Waals surface area contributed by atoms with Gasteiger partial charge >= 0.3 is 5.69 Å². The Balaban J connectivity index is 1.97. The SMILES string of the molecule is COc1ccc(CNC(=O)c2nn(C)c(=O)[nH]2)cc1. The molecule has 7 nitrogen and oxygen atoms in total. The summed E-state index contributed by atoms with van der Waals surface area (Å²) in [5, 5.41) is 6.43. The number of methoxy groups -OCH3 is 1. The highest BCUT2D eigenvalue weighted by atomic mass is 16.5. The van der Waals surface area contributed by atoms with Crippen molar-refractivity contribution in [2.75, 3.05) is 7.11 Å². The molecular formula is C12H14N4O3. The molecule has 0 aliphatic rings. The summed E-state index contributed by atoms with van der Waals surface area (Å²) in [6.07, 6.45) is 0. The minimum absolute atomic E-state index is 0.000937. The summed E-state index contributed by atoms with van der Waals surface area (Å²) in [4.78, 5) is 25.2. The molecule has 1 aromatic carbocycles. The number of nitrogens with zero attached hydrogens (tertiary/aromatic N) is 2. The first-order valence-electron chi connectivity index (χ1n) is 5.64. The predicted octanol–water partition coefficient (Wildman–Crippen LogP) is 0.0470. The van der Waals surface area contributed by atoms with Gasteiger partial charge in [-0.05, 0) is 17.7 Å². The molecule has 1 amide bonds. The molecule has 0 saturated carbocycles. The first kappa shape index (κ1) is 12.9. The average Bonchev–Trinajstić information content (AvgIpc) is 2.77. The van der Waals surface area contributed by atoms with Crippen LogP contribution < -0.4 is 15.7 Å². The Hall–Kier alpha value is -2.57. The van der Waals surface area contributed by atoms with Crippen LogP contribution in [0.1, 0.15) is 16.2 Å². The number of hydrogen-bond acceptors (Lipinski definition) is 4. The summed E-state index contributed by atoms with van der Waals surface area (Å²) in [6.45, 7) is 0.349. The highest BCUT2D eigenvalue weighted by molar-refractivity contribution is 5.90. The van der Waals surface area contributed by atoms with E-state index in [1.165, 1.54) is 7.05 Å². The number of hydrogen-bond donors (Lipinski definition) is 2. The number of aromatic amines is 1. The Bertz CT molecular complexity index is 627. The van der Waals surface area contributed by atoms with Gasteiger partial charge in [0.15, 0.2) is 0 Å². The minimum atomic E-state index is -0.423. The summed E-state index contributed by atoms with van der Waals surface area (Å²) in [5.41, 5.74) is 0.502. The molecule has 0 aliphatic carbocycles. The molecule has 2 N–H and O–H groups in total. The van der Waals surface area contributed by atoms with Crippen LogP contribution in [0.3, 0.4) is 0 Å². The van der Waals surface area contributed by atoms with Gasteiger partial charge in [-0.15, -0.1) is 5.10 Å². The molecule has 0 radical (unpaired) electrons. The van der Waals surface area contributed by atoms with Gasteiger partial charge in [-0.2, -0.15) is 0 Å². The van der Waals surface area contributed by atoms with Crippen LogP contribution in [0.4, 0.5) is 0 Å². The highest BCUT2D eigenvalue weighted by Crippen LogP contribution is 2.10. The van der Waals surface area contributed by atoms with Crippen LogP contribution in [0.5, 0.6) is 5.75 Å². The normalized spacial score (nSPS) is 10.2. The maximum Gasteiger partial charge on any atom is 0.343 e. The average molecular weight is 262 g/mol. The fraction of sp³-hybridized carbons (Fsp3) is 0.250. The van der Waals surface area contributed by atoms with Gasteiger partial charge in [0.2, 0.25) is 5.82 Å². The molecule has 0 aliphatic heterocycles. The van der Waals surface area contributed by atoms with Crippen molar-refractivity contribution in [3.63, 3.8) is 0 Å². The molecule has 7 heteroatoms. The largest absolute Gasteiger partial charge is 0.497 e. The fourth-order valence-corrected chi connectivity index (χ4v) is 1.51. The van der Waals surface area contributed by atoms with E-state index in [1.54, 1.807) is 7.11 Å². The number of ether oxygens (including phenoxy) is 1. The van der Waals surface area contributed by atoms with Crippen molar-refractivity contribution in [3.05, 3.63) is 46.1 Å². The van der Waals surface area contributed by atoms with Gasteiger partial charge in [-0.25, -0.2) is 9.48 Å². The van der Waals surface area contributed by atoms with Crippen molar-refractivity contribution in [2.45, 2.75) is 6.54 Å². The van der Waals surface area contributed by atoms with E-state index < -0.39 is 11.6 Å². The lowest BCUT2D eigenvalue weighted by atomic mass is 10.2.